The molecule has 0 saturated heterocycles. The van der Waals surface area contributed by atoms with E-state index < -0.39 is 0 Å². The molecule has 0 bridgehead atoms. The minimum atomic E-state index is 0.739. The highest BCUT2D eigenvalue weighted by Gasteiger charge is 2.06. The zero-order valence-corrected chi connectivity index (χ0v) is 14.3. The van der Waals surface area contributed by atoms with Crippen molar-refractivity contribution in [3.05, 3.63) is 30.1 Å². The molecule has 2 aromatic rings. The van der Waals surface area contributed by atoms with Crippen LogP contribution >= 0.6 is 0 Å². The number of methoxy groups -OCH3 is 1. The van der Waals surface area contributed by atoms with E-state index in [1.54, 1.807) is 7.11 Å². The molecule has 0 aliphatic heterocycles. The van der Waals surface area contributed by atoms with E-state index in [4.69, 9.17) is 4.74 Å². The lowest BCUT2D eigenvalue weighted by Crippen LogP contribution is -2.39. The normalized spacial score (nSPS) is 11.9. The molecule has 0 unspecified atom stereocenters. The summed E-state index contributed by atoms with van der Waals surface area (Å²) in [5, 5.41) is 6.64. The third-order valence-electron chi connectivity index (χ3n) is 3.59. The number of nitrogens with one attached hydrogen (secondary N) is 2. The molecule has 126 valence electrons. The summed E-state index contributed by atoms with van der Waals surface area (Å²) >= 11 is 0. The van der Waals surface area contributed by atoms with E-state index in [1.165, 1.54) is 5.52 Å². The molecule has 0 aliphatic carbocycles. The first-order valence-corrected chi connectivity index (χ1v) is 8.19. The second-order valence-corrected chi connectivity index (χ2v) is 5.33. The molecule has 0 saturated carbocycles. The molecule has 2 N–H and O–H groups in total. The van der Waals surface area contributed by atoms with E-state index in [1.807, 2.05) is 19.1 Å². The number of hydrogen-bond acceptors (Lipinski definition) is 3. The molecule has 23 heavy (non-hydrogen) atoms. The van der Waals surface area contributed by atoms with E-state index in [2.05, 4.69) is 44.2 Å². The molecule has 0 spiro atoms. The molecule has 0 aliphatic rings. The van der Waals surface area contributed by atoms with Crippen LogP contribution in [-0.2, 0) is 11.3 Å². The van der Waals surface area contributed by atoms with Gasteiger partial charge in [0.15, 0.2) is 5.96 Å². The van der Waals surface area contributed by atoms with Crippen LogP contribution in [0.1, 0.15) is 19.2 Å². The molecular formula is C17H27N5O. The van der Waals surface area contributed by atoms with Crippen molar-refractivity contribution in [2.45, 2.75) is 26.8 Å². The molecular weight excluding hydrogens is 290 g/mol. The number of aryl methyl sites for hydroxylation is 1. The minimum Gasteiger partial charge on any atom is -0.385 e. The number of benzene rings is 1. The van der Waals surface area contributed by atoms with Gasteiger partial charge in [0.05, 0.1) is 11.0 Å². The number of fused-ring (bicyclic) bond motifs is 1. The lowest BCUT2D eigenvalue weighted by molar-refractivity contribution is 0.197. The SMILES string of the molecule is CCNC(=NCCCOC)NCCn1c(C)nc2ccccc21. The van der Waals surface area contributed by atoms with Crippen LogP contribution < -0.4 is 10.6 Å². The Bertz CT molecular complexity index is 635. The van der Waals surface area contributed by atoms with Crippen molar-refractivity contribution < 1.29 is 4.74 Å². The second kappa shape index (κ2) is 9.15. The monoisotopic (exact) mass is 317 g/mol. The number of guanidine groups is 1. The first kappa shape index (κ1) is 17.3. The Kier molecular flexibility index (Phi) is 6.87. The zero-order chi connectivity index (χ0) is 16.5. The quantitative estimate of drug-likeness (QED) is 0.444. The predicted octanol–water partition coefficient (Wildman–Crippen LogP) is 1.94. The van der Waals surface area contributed by atoms with Crippen LogP contribution in [-0.4, -0.2) is 48.9 Å². The fraction of sp³-hybridized carbons (Fsp3) is 0.529. The van der Waals surface area contributed by atoms with Crippen molar-refractivity contribution in [1.29, 1.82) is 0 Å². The maximum Gasteiger partial charge on any atom is 0.191 e. The maximum absolute atomic E-state index is 5.05. The standard InChI is InChI=1S/C17H27N5O/c1-4-18-17(19-10-7-13-23-3)20-11-12-22-14(2)21-15-8-5-6-9-16(15)22/h5-6,8-9H,4,7,10-13H2,1-3H3,(H2,18,19,20). The highest BCUT2D eigenvalue weighted by atomic mass is 16.5. The third-order valence-corrected chi connectivity index (χ3v) is 3.59. The van der Waals surface area contributed by atoms with Gasteiger partial charge in [0.25, 0.3) is 0 Å². The van der Waals surface area contributed by atoms with Gasteiger partial charge in [0.1, 0.15) is 5.82 Å². The van der Waals surface area contributed by atoms with Gasteiger partial charge < -0.3 is 19.9 Å². The summed E-state index contributed by atoms with van der Waals surface area (Å²) in [5.74, 6) is 1.89. The van der Waals surface area contributed by atoms with Crippen molar-refractivity contribution in [2.75, 3.05) is 33.4 Å². The third kappa shape index (κ3) is 4.96. The molecule has 0 atom stereocenters. The molecule has 0 radical (unpaired) electrons. The van der Waals surface area contributed by atoms with Gasteiger partial charge in [-0.05, 0) is 32.4 Å². The van der Waals surface area contributed by atoms with Crippen molar-refractivity contribution in [3.8, 4) is 0 Å². The lowest BCUT2D eigenvalue weighted by atomic mass is 10.3. The first-order chi connectivity index (χ1) is 11.3. The number of aromatic nitrogens is 2. The largest absolute Gasteiger partial charge is 0.385 e. The summed E-state index contributed by atoms with van der Waals surface area (Å²) < 4.78 is 7.28. The Labute approximate surface area is 138 Å². The number of ether oxygens (including phenoxy) is 1. The minimum absolute atomic E-state index is 0.739. The van der Waals surface area contributed by atoms with Crippen LogP contribution in [0.5, 0.6) is 0 Å². The van der Waals surface area contributed by atoms with Crippen LogP contribution in [0.3, 0.4) is 0 Å². The van der Waals surface area contributed by atoms with Crippen molar-refractivity contribution in [2.24, 2.45) is 4.99 Å². The number of hydrogen-bond donors (Lipinski definition) is 2. The Morgan fingerprint density at radius 3 is 2.91 bits per heavy atom. The highest BCUT2D eigenvalue weighted by molar-refractivity contribution is 5.79. The molecule has 1 heterocycles. The van der Waals surface area contributed by atoms with Crippen molar-refractivity contribution in [3.63, 3.8) is 0 Å². The number of para-hydroxylation sites is 2. The second-order valence-electron chi connectivity index (χ2n) is 5.33. The summed E-state index contributed by atoms with van der Waals surface area (Å²) in [6.45, 7) is 8.12. The summed E-state index contributed by atoms with van der Waals surface area (Å²) in [6.07, 6.45) is 0.929. The van der Waals surface area contributed by atoms with E-state index >= 15 is 0 Å². The van der Waals surface area contributed by atoms with Gasteiger partial charge in [-0.25, -0.2) is 4.98 Å². The number of rotatable bonds is 8. The van der Waals surface area contributed by atoms with Crippen LogP contribution in [0.25, 0.3) is 11.0 Å². The molecule has 0 amide bonds. The molecule has 1 aromatic carbocycles. The molecule has 6 heteroatoms. The maximum atomic E-state index is 5.05. The van der Waals surface area contributed by atoms with Gasteiger partial charge in [-0.15, -0.1) is 0 Å². The van der Waals surface area contributed by atoms with E-state index in [0.29, 0.717) is 0 Å². The van der Waals surface area contributed by atoms with Gasteiger partial charge in [0, 0.05) is 39.9 Å². The van der Waals surface area contributed by atoms with E-state index in [9.17, 15) is 0 Å². The van der Waals surface area contributed by atoms with Crippen LogP contribution in [0.15, 0.2) is 29.3 Å². The topological polar surface area (TPSA) is 63.5 Å². The van der Waals surface area contributed by atoms with Crippen LogP contribution in [0.4, 0.5) is 0 Å². The van der Waals surface area contributed by atoms with Crippen LogP contribution in [0, 0.1) is 6.92 Å². The average Bonchev–Trinajstić information content (AvgIpc) is 2.87. The number of imidazole rings is 1. The van der Waals surface area contributed by atoms with Gasteiger partial charge in [-0.3, -0.25) is 4.99 Å². The fourth-order valence-electron chi connectivity index (χ4n) is 2.51. The summed E-state index contributed by atoms with van der Waals surface area (Å²) in [6, 6.07) is 8.23. The van der Waals surface area contributed by atoms with Gasteiger partial charge >= 0.3 is 0 Å². The Morgan fingerprint density at radius 1 is 1.30 bits per heavy atom. The molecule has 6 nitrogen and oxygen atoms in total. The van der Waals surface area contributed by atoms with E-state index in [0.717, 1.165) is 56.5 Å². The molecule has 1 aromatic heterocycles. The van der Waals surface area contributed by atoms with Gasteiger partial charge in [0.2, 0.25) is 0 Å². The fourth-order valence-corrected chi connectivity index (χ4v) is 2.51. The highest BCUT2D eigenvalue weighted by Crippen LogP contribution is 2.14. The van der Waals surface area contributed by atoms with Gasteiger partial charge in [-0.1, -0.05) is 12.1 Å². The number of aliphatic imine (C=N–C) groups is 1. The van der Waals surface area contributed by atoms with Crippen molar-refractivity contribution in [1.82, 2.24) is 20.2 Å². The molecule has 0 fully saturated rings. The summed E-state index contributed by atoms with van der Waals surface area (Å²) in [4.78, 5) is 9.14. The first-order valence-electron chi connectivity index (χ1n) is 8.19. The van der Waals surface area contributed by atoms with Crippen LogP contribution in [0.2, 0.25) is 0 Å². The van der Waals surface area contributed by atoms with Crippen molar-refractivity contribution >= 4 is 17.0 Å². The summed E-state index contributed by atoms with van der Waals surface area (Å²) in [7, 11) is 1.71. The smallest absolute Gasteiger partial charge is 0.191 e. The Morgan fingerprint density at radius 2 is 2.13 bits per heavy atom. The average molecular weight is 317 g/mol. The lowest BCUT2D eigenvalue weighted by Gasteiger charge is -2.12. The Hall–Kier alpha value is -2.08. The zero-order valence-electron chi connectivity index (χ0n) is 14.3. The predicted molar refractivity (Wildman–Crippen MR) is 94.9 cm³/mol. The summed E-state index contributed by atoms with van der Waals surface area (Å²) in [5.41, 5.74) is 2.22. The Balaban J connectivity index is 1.91. The molecule has 2 rings (SSSR count). The van der Waals surface area contributed by atoms with E-state index in [-0.39, 0.29) is 0 Å². The number of nitrogens with zero attached hydrogens (tertiary/aromatic N) is 3. The van der Waals surface area contributed by atoms with Gasteiger partial charge in [-0.2, -0.15) is 0 Å².